The Morgan fingerprint density at radius 3 is 1.56 bits per heavy atom. The lowest BCUT2D eigenvalue weighted by atomic mass is 9.85. The van der Waals surface area contributed by atoms with E-state index in [4.69, 9.17) is 43.6 Å². The quantitative estimate of drug-likeness (QED) is 0.0524. The van der Waals surface area contributed by atoms with Gasteiger partial charge in [-0.3, -0.25) is 0 Å². The Kier molecular flexibility index (Phi) is 15.3. The highest BCUT2D eigenvalue weighted by molar-refractivity contribution is 7.89. The molecule has 2 fully saturated rings. The molecule has 0 radical (unpaired) electrons. The molecule has 2 atom stereocenters. The van der Waals surface area contributed by atoms with Crippen LogP contribution in [0.2, 0.25) is 15.1 Å². The maximum atomic E-state index is 13.1. The van der Waals surface area contributed by atoms with Gasteiger partial charge >= 0.3 is 0 Å². The van der Waals surface area contributed by atoms with Crippen LogP contribution in [-0.2, 0) is 20.0 Å². The Hall–Kier alpha value is -4.39. The van der Waals surface area contributed by atoms with Crippen molar-refractivity contribution in [1.82, 2.24) is 26.1 Å². The van der Waals surface area contributed by atoms with E-state index in [1.54, 1.807) is 12.3 Å². The zero-order valence-corrected chi connectivity index (χ0v) is 41.9. The van der Waals surface area contributed by atoms with Crippen molar-refractivity contribution < 1.29 is 35.9 Å². The van der Waals surface area contributed by atoms with E-state index in [9.17, 15) is 27.0 Å². The number of nitrogens with one attached hydrogen (secondary N) is 4. The van der Waals surface area contributed by atoms with Crippen LogP contribution < -0.4 is 21.3 Å². The van der Waals surface area contributed by atoms with E-state index >= 15 is 0 Å². The lowest BCUT2D eigenvalue weighted by Gasteiger charge is -2.30. The number of phenols is 2. The zero-order valence-electron chi connectivity index (χ0n) is 36.4. The van der Waals surface area contributed by atoms with Crippen LogP contribution in [0.5, 0.6) is 11.5 Å². The molecule has 0 saturated carbocycles. The van der Waals surface area contributed by atoms with Gasteiger partial charge in [0.25, 0.3) is 0 Å². The number of rotatable bonds is 15. The summed E-state index contributed by atoms with van der Waals surface area (Å²) in [6.45, 7) is 11.8. The summed E-state index contributed by atoms with van der Waals surface area (Å²) in [6, 6.07) is 10.9. The van der Waals surface area contributed by atoms with Gasteiger partial charge in [0.15, 0.2) is 34.8 Å². The molecule has 6 aromatic rings. The molecule has 0 unspecified atom stereocenters. The van der Waals surface area contributed by atoms with Gasteiger partial charge in [-0.25, -0.2) is 16.8 Å². The molecule has 356 valence electrons. The fourth-order valence-electron chi connectivity index (χ4n) is 7.40. The molecule has 2 aromatic carbocycles. The molecule has 66 heavy (non-hydrogen) atoms. The second kappa shape index (κ2) is 20.5. The van der Waals surface area contributed by atoms with E-state index < -0.39 is 31.5 Å². The minimum absolute atomic E-state index is 0.0348. The number of benzene rings is 2. The lowest BCUT2D eigenvalue weighted by Crippen LogP contribution is -2.28. The molecule has 8 rings (SSSR count). The van der Waals surface area contributed by atoms with Crippen LogP contribution in [0.4, 0.5) is 34.6 Å². The van der Waals surface area contributed by atoms with Gasteiger partial charge in [0.05, 0.1) is 68.2 Å². The fourth-order valence-corrected chi connectivity index (χ4v) is 12.7. The average molecular weight is 1040 g/mol. The van der Waals surface area contributed by atoms with Gasteiger partial charge < -0.3 is 40.3 Å². The molecule has 2 aliphatic heterocycles. The van der Waals surface area contributed by atoms with E-state index in [1.807, 2.05) is 46.8 Å². The Balaban J connectivity index is 0.000000197. The smallest absolute Gasteiger partial charge is 0.248 e. The third kappa shape index (κ3) is 10.8. The van der Waals surface area contributed by atoms with Crippen molar-refractivity contribution in [3.8, 4) is 11.5 Å². The number of aromatic hydroxyl groups is 2. The van der Waals surface area contributed by atoms with Crippen molar-refractivity contribution in [2.45, 2.75) is 82.2 Å². The SMILES string of the molecule is CC(C)(C)[C@@H](Nc1nsnc1Nc1ccc(Cl)c(S(=O)(=O)N2CCCC2)c1O)c1cc(Cl)co1.CC(C)[C@@H](Nc1nsnc1Nc1ccc(Cl)c(S(=O)(=O)N2CCCC2)c1O)c1ccco1. The molecular formula is C41H49Cl3N10O8S4. The Bertz CT molecular complexity index is 2840. The van der Waals surface area contributed by atoms with Crippen molar-refractivity contribution >= 4 is 113 Å². The van der Waals surface area contributed by atoms with E-state index in [-0.39, 0.29) is 54.6 Å². The molecule has 0 aliphatic carbocycles. The second-order valence-electron chi connectivity index (χ2n) is 16.9. The topological polar surface area (TPSA) is 241 Å². The minimum atomic E-state index is -3.95. The van der Waals surface area contributed by atoms with E-state index in [1.165, 1.54) is 39.1 Å². The first kappa shape index (κ1) is 49.5. The standard InChI is InChI=1S/C21H25Cl2N5O4S2.C20H24ClN5O4S2/c1-21(2,3)18(15-10-12(22)11-32-15)25-20-19(26-33-27-20)24-14-7-6-13(23)17(16(14)29)34(30,31)28-8-4-5-9-28;1-12(2)16(15-6-5-11-30-15)23-20-19(24-31-25-20)22-14-8-7-13(21)18(17(14)27)32(28,29)26-9-3-4-10-26/h6-7,10-11,18,29H,4-5,8-9H2,1-3H3,(H,24,26)(H,25,27);5-8,11-12,16,27H,3-4,9-10H2,1-2H3,(H,22,24)(H,23,25)/t18-;16-/m01/s1. The number of anilines is 6. The largest absolute Gasteiger partial charge is 0.504 e. The summed E-state index contributed by atoms with van der Waals surface area (Å²) in [5.41, 5.74) is 0.0369. The highest BCUT2D eigenvalue weighted by atomic mass is 35.5. The third-order valence-electron chi connectivity index (χ3n) is 10.8. The monoisotopic (exact) mass is 1040 g/mol. The molecule has 4 aromatic heterocycles. The maximum Gasteiger partial charge on any atom is 0.248 e. The highest BCUT2D eigenvalue weighted by Gasteiger charge is 2.36. The van der Waals surface area contributed by atoms with Crippen LogP contribution in [0.1, 0.15) is 83.9 Å². The van der Waals surface area contributed by atoms with E-state index in [0.29, 0.717) is 60.2 Å². The molecular weight excluding hydrogens is 995 g/mol. The summed E-state index contributed by atoms with van der Waals surface area (Å²) < 4.78 is 83.3. The summed E-state index contributed by atoms with van der Waals surface area (Å²) in [6.07, 6.45) is 6.17. The summed E-state index contributed by atoms with van der Waals surface area (Å²) in [7, 11) is -7.87. The van der Waals surface area contributed by atoms with Gasteiger partial charge in [0.1, 0.15) is 27.6 Å². The van der Waals surface area contributed by atoms with Crippen molar-refractivity contribution in [2.75, 3.05) is 47.4 Å². The van der Waals surface area contributed by atoms with Gasteiger partial charge in [-0.05, 0) is 73.4 Å². The second-order valence-corrected chi connectivity index (χ2v) is 23.0. The molecule has 6 N–H and O–H groups in total. The molecule has 0 amide bonds. The predicted molar refractivity (Wildman–Crippen MR) is 258 cm³/mol. The van der Waals surface area contributed by atoms with E-state index in [2.05, 4.69) is 38.8 Å². The Morgan fingerprint density at radius 1 is 0.682 bits per heavy atom. The summed E-state index contributed by atoms with van der Waals surface area (Å²) in [5, 5.41) is 34.8. The molecule has 2 aliphatic rings. The first-order valence-electron chi connectivity index (χ1n) is 20.8. The van der Waals surface area contributed by atoms with Crippen molar-refractivity contribution in [1.29, 1.82) is 0 Å². The van der Waals surface area contributed by atoms with Gasteiger partial charge in [-0.1, -0.05) is 69.4 Å². The molecule has 6 heterocycles. The van der Waals surface area contributed by atoms with Crippen LogP contribution >= 0.6 is 58.3 Å². The minimum Gasteiger partial charge on any atom is -0.504 e. The summed E-state index contributed by atoms with van der Waals surface area (Å²) in [5.74, 6) is 2.21. The van der Waals surface area contributed by atoms with Crippen molar-refractivity contribution in [3.05, 3.63) is 81.6 Å². The summed E-state index contributed by atoms with van der Waals surface area (Å²) in [4.78, 5) is -0.629. The molecule has 0 bridgehead atoms. The Labute approximate surface area is 406 Å². The van der Waals surface area contributed by atoms with Gasteiger partial charge in [-0.15, -0.1) is 0 Å². The molecule has 2 saturated heterocycles. The average Bonchev–Trinajstić information content (AvgIpc) is 4.11. The third-order valence-corrected chi connectivity index (χ3v) is 16.9. The number of halogens is 3. The number of phenolic OH excluding ortho intramolecular Hbond substituents is 2. The predicted octanol–water partition coefficient (Wildman–Crippen LogP) is 10.7. The lowest BCUT2D eigenvalue weighted by molar-refractivity contribution is 0.304. The first-order valence-corrected chi connectivity index (χ1v) is 26.3. The number of furan rings is 2. The number of hydrogen-bond donors (Lipinski definition) is 6. The first-order chi connectivity index (χ1) is 31.3. The Morgan fingerprint density at radius 2 is 1.15 bits per heavy atom. The van der Waals surface area contributed by atoms with Crippen LogP contribution in [-0.4, -0.2) is 79.3 Å². The van der Waals surface area contributed by atoms with Crippen molar-refractivity contribution in [3.63, 3.8) is 0 Å². The van der Waals surface area contributed by atoms with Gasteiger partial charge in [0.2, 0.25) is 20.0 Å². The fraction of sp³-hybridized carbons (Fsp3) is 0.415. The molecule has 18 nitrogen and oxygen atoms in total. The number of sulfonamides is 2. The maximum absolute atomic E-state index is 13.1. The van der Waals surface area contributed by atoms with Gasteiger partial charge in [-0.2, -0.15) is 26.1 Å². The zero-order chi connectivity index (χ0) is 47.6. The summed E-state index contributed by atoms with van der Waals surface area (Å²) >= 11 is 20.4. The number of hydrogen-bond acceptors (Lipinski definition) is 18. The number of nitrogens with zero attached hydrogens (tertiary/aromatic N) is 6. The van der Waals surface area contributed by atoms with E-state index in [0.717, 1.165) is 54.9 Å². The van der Waals surface area contributed by atoms with Crippen LogP contribution in [0.3, 0.4) is 0 Å². The van der Waals surface area contributed by atoms with Crippen molar-refractivity contribution in [2.24, 2.45) is 11.3 Å². The van der Waals surface area contributed by atoms with Crippen LogP contribution in [0, 0.1) is 11.3 Å². The highest BCUT2D eigenvalue weighted by Crippen LogP contribution is 2.44. The van der Waals surface area contributed by atoms with Gasteiger partial charge in [0, 0.05) is 32.2 Å². The number of aromatic nitrogens is 4. The van der Waals surface area contributed by atoms with Crippen LogP contribution in [0.15, 0.2) is 73.6 Å². The molecule has 25 heteroatoms. The molecule has 0 spiro atoms. The normalized spacial score (nSPS) is 16.0. The van der Waals surface area contributed by atoms with Crippen LogP contribution in [0.25, 0.3) is 0 Å².